The molecular weight excluding hydrogens is 258 g/mol. The fourth-order valence-electron chi connectivity index (χ4n) is 2.62. The Hall–Kier alpha value is -1.80. The molecule has 0 saturated carbocycles. The van der Waals surface area contributed by atoms with Gasteiger partial charge in [-0.25, -0.2) is 0 Å². The van der Waals surface area contributed by atoms with Gasteiger partial charge in [-0.2, -0.15) is 0 Å². The van der Waals surface area contributed by atoms with Crippen LogP contribution in [0.15, 0.2) is 48.5 Å². The number of hydrogen-bond acceptors (Lipinski definition) is 2. The lowest BCUT2D eigenvalue weighted by atomic mass is 9.80. The Labute approximate surface area is 127 Å². The first-order chi connectivity index (χ1) is 10.0. The molecule has 2 N–H and O–H groups in total. The van der Waals surface area contributed by atoms with Gasteiger partial charge in [0.05, 0.1) is 6.61 Å². The van der Waals surface area contributed by atoms with Crippen LogP contribution in [0.5, 0.6) is 5.75 Å². The van der Waals surface area contributed by atoms with E-state index in [0.717, 1.165) is 12.2 Å². The average molecular weight is 283 g/mol. The van der Waals surface area contributed by atoms with E-state index in [0.29, 0.717) is 13.2 Å². The van der Waals surface area contributed by atoms with E-state index in [9.17, 15) is 0 Å². The van der Waals surface area contributed by atoms with E-state index in [2.05, 4.69) is 63.2 Å². The van der Waals surface area contributed by atoms with Crippen molar-refractivity contribution in [3.8, 4) is 5.75 Å². The van der Waals surface area contributed by atoms with Gasteiger partial charge >= 0.3 is 0 Å². The standard InChI is InChI=1S/C19H25NO/c1-15-11-16(2)13-18(12-15)21-10-9-19(3,14-20)17-7-5-4-6-8-17/h4-8,11-13H,9-10,14,20H2,1-3H3. The van der Waals surface area contributed by atoms with Crippen LogP contribution in [0.25, 0.3) is 0 Å². The lowest BCUT2D eigenvalue weighted by molar-refractivity contribution is 0.266. The summed E-state index contributed by atoms with van der Waals surface area (Å²) < 4.78 is 5.93. The third-order valence-electron chi connectivity index (χ3n) is 4.04. The Kier molecular flexibility index (Phi) is 5.03. The summed E-state index contributed by atoms with van der Waals surface area (Å²) in [5.41, 5.74) is 9.71. The molecule has 1 atom stereocenters. The second-order valence-electron chi connectivity index (χ2n) is 6.05. The largest absolute Gasteiger partial charge is 0.494 e. The van der Waals surface area contributed by atoms with Gasteiger partial charge in [-0.15, -0.1) is 0 Å². The summed E-state index contributed by atoms with van der Waals surface area (Å²) in [6, 6.07) is 16.8. The summed E-state index contributed by atoms with van der Waals surface area (Å²) in [5.74, 6) is 0.944. The fourth-order valence-corrected chi connectivity index (χ4v) is 2.62. The van der Waals surface area contributed by atoms with Crippen molar-refractivity contribution in [2.24, 2.45) is 5.73 Å². The lowest BCUT2D eigenvalue weighted by Crippen LogP contribution is -2.33. The van der Waals surface area contributed by atoms with Gasteiger partial charge in [-0.05, 0) is 49.1 Å². The molecule has 0 amide bonds. The zero-order valence-electron chi connectivity index (χ0n) is 13.2. The summed E-state index contributed by atoms with van der Waals surface area (Å²) in [6.07, 6.45) is 0.903. The molecule has 112 valence electrons. The molecule has 21 heavy (non-hydrogen) atoms. The number of rotatable bonds is 6. The Morgan fingerprint density at radius 3 is 2.19 bits per heavy atom. The van der Waals surface area contributed by atoms with E-state index in [4.69, 9.17) is 10.5 Å². The van der Waals surface area contributed by atoms with E-state index in [1.807, 2.05) is 6.07 Å². The molecule has 2 aromatic rings. The smallest absolute Gasteiger partial charge is 0.119 e. The maximum atomic E-state index is 6.01. The number of aryl methyl sites for hydroxylation is 2. The highest BCUT2D eigenvalue weighted by Gasteiger charge is 2.24. The first-order valence-corrected chi connectivity index (χ1v) is 7.50. The number of benzene rings is 2. The molecule has 1 unspecified atom stereocenters. The van der Waals surface area contributed by atoms with Crippen LogP contribution in [0.4, 0.5) is 0 Å². The normalized spacial score (nSPS) is 13.7. The molecule has 0 spiro atoms. The van der Waals surface area contributed by atoms with Gasteiger partial charge in [0, 0.05) is 12.0 Å². The van der Waals surface area contributed by atoms with Crippen LogP contribution in [-0.2, 0) is 5.41 Å². The van der Waals surface area contributed by atoms with Crippen molar-refractivity contribution in [1.29, 1.82) is 0 Å². The van der Waals surface area contributed by atoms with Gasteiger partial charge in [0.15, 0.2) is 0 Å². The monoisotopic (exact) mass is 283 g/mol. The van der Waals surface area contributed by atoms with E-state index in [-0.39, 0.29) is 5.41 Å². The molecule has 2 aromatic carbocycles. The molecule has 0 aliphatic rings. The Balaban J connectivity index is 2.00. The van der Waals surface area contributed by atoms with E-state index in [1.54, 1.807) is 0 Å². The van der Waals surface area contributed by atoms with Crippen LogP contribution in [-0.4, -0.2) is 13.2 Å². The molecule has 0 aliphatic heterocycles. The highest BCUT2D eigenvalue weighted by Crippen LogP contribution is 2.27. The van der Waals surface area contributed by atoms with Crippen LogP contribution in [0, 0.1) is 13.8 Å². The molecule has 0 bridgehead atoms. The van der Waals surface area contributed by atoms with Crippen molar-refractivity contribution in [3.63, 3.8) is 0 Å². The fraction of sp³-hybridized carbons (Fsp3) is 0.368. The first kappa shape index (κ1) is 15.6. The van der Waals surface area contributed by atoms with Crippen molar-refractivity contribution >= 4 is 0 Å². The lowest BCUT2D eigenvalue weighted by Gasteiger charge is -2.28. The second-order valence-corrected chi connectivity index (χ2v) is 6.05. The second kappa shape index (κ2) is 6.77. The van der Waals surface area contributed by atoms with Gasteiger partial charge in [0.2, 0.25) is 0 Å². The van der Waals surface area contributed by atoms with Gasteiger partial charge in [-0.3, -0.25) is 0 Å². The first-order valence-electron chi connectivity index (χ1n) is 7.50. The molecule has 2 nitrogen and oxygen atoms in total. The molecule has 0 fully saturated rings. The van der Waals surface area contributed by atoms with E-state index >= 15 is 0 Å². The summed E-state index contributed by atoms with van der Waals surface area (Å²) >= 11 is 0. The number of ether oxygens (including phenoxy) is 1. The van der Waals surface area contributed by atoms with Crippen LogP contribution in [0.1, 0.15) is 30.0 Å². The minimum absolute atomic E-state index is 0.0415. The van der Waals surface area contributed by atoms with E-state index in [1.165, 1.54) is 16.7 Å². The Morgan fingerprint density at radius 1 is 1.00 bits per heavy atom. The van der Waals surface area contributed by atoms with E-state index < -0.39 is 0 Å². The van der Waals surface area contributed by atoms with Crippen molar-refractivity contribution in [2.45, 2.75) is 32.6 Å². The van der Waals surface area contributed by atoms with Crippen molar-refractivity contribution < 1.29 is 4.74 Å². The zero-order valence-corrected chi connectivity index (χ0v) is 13.2. The molecule has 2 heteroatoms. The minimum Gasteiger partial charge on any atom is -0.494 e. The summed E-state index contributed by atoms with van der Waals surface area (Å²) in [7, 11) is 0. The van der Waals surface area contributed by atoms with Crippen LogP contribution in [0.3, 0.4) is 0 Å². The predicted molar refractivity (Wildman–Crippen MR) is 88.9 cm³/mol. The molecule has 0 saturated heterocycles. The van der Waals surface area contributed by atoms with Crippen LogP contribution >= 0.6 is 0 Å². The average Bonchev–Trinajstić information content (AvgIpc) is 2.47. The van der Waals surface area contributed by atoms with Crippen LogP contribution < -0.4 is 10.5 Å². The molecule has 0 aliphatic carbocycles. The maximum Gasteiger partial charge on any atom is 0.119 e. The summed E-state index contributed by atoms with van der Waals surface area (Å²) in [6.45, 7) is 7.67. The topological polar surface area (TPSA) is 35.2 Å². The van der Waals surface area contributed by atoms with Gasteiger partial charge in [0.25, 0.3) is 0 Å². The molecule has 2 rings (SSSR count). The SMILES string of the molecule is Cc1cc(C)cc(OCCC(C)(CN)c2ccccc2)c1. The quantitative estimate of drug-likeness (QED) is 0.870. The molecule has 0 radical (unpaired) electrons. The van der Waals surface area contributed by atoms with Crippen molar-refractivity contribution in [2.75, 3.05) is 13.2 Å². The highest BCUT2D eigenvalue weighted by atomic mass is 16.5. The highest BCUT2D eigenvalue weighted by molar-refractivity contribution is 5.33. The van der Waals surface area contributed by atoms with Gasteiger partial charge < -0.3 is 10.5 Å². The van der Waals surface area contributed by atoms with Crippen molar-refractivity contribution in [1.82, 2.24) is 0 Å². The summed E-state index contributed by atoms with van der Waals surface area (Å²) in [4.78, 5) is 0. The van der Waals surface area contributed by atoms with Gasteiger partial charge in [0.1, 0.15) is 5.75 Å². The third kappa shape index (κ3) is 4.08. The Morgan fingerprint density at radius 2 is 1.62 bits per heavy atom. The number of hydrogen-bond donors (Lipinski definition) is 1. The number of nitrogens with two attached hydrogens (primary N) is 1. The third-order valence-corrected chi connectivity index (χ3v) is 4.04. The zero-order chi connectivity index (χ0) is 15.3. The summed E-state index contributed by atoms with van der Waals surface area (Å²) in [5, 5.41) is 0. The predicted octanol–water partition coefficient (Wildman–Crippen LogP) is 3.99. The van der Waals surface area contributed by atoms with Crippen molar-refractivity contribution in [3.05, 3.63) is 65.2 Å². The minimum atomic E-state index is -0.0415. The maximum absolute atomic E-state index is 6.01. The molecular formula is C19H25NO. The molecule has 0 aromatic heterocycles. The Bertz CT molecular complexity index is 559. The van der Waals surface area contributed by atoms with Crippen LogP contribution in [0.2, 0.25) is 0 Å². The van der Waals surface area contributed by atoms with Gasteiger partial charge in [-0.1, -0.05) is 43.3 Å². The molecule has 0 heterocycles.